The molecule has 2 aromatic carbocycles. The molecular formula is C21H25N3O3. The molecule has 2 aromatic rings. The van der Waals surface area contributed by atoms with E-state index in [1.807, 2.05) is 19.1 Å². The van der Waals surface area contributed by atoms with Crippen molar-refractivity contribution in [2.75, 3.05) is 10.6 Å². The van der Waals surface area contributed by atoms with E-state index < -0.39 is 11.6 Å². The van der Waals surface area contributed by atoms with Gasteiger partial charge in [0.2, 0.25) is 5.91 Å². The Labute approximate surface area is 159 Å². The average molecular weight is 367 g/mol. The second kappa shape index (κ2) is 7.04. The van der Waals surface area contributed by atoms with Crippen LogP contribution in [-0.2, 0) is 11.3 Å². The van der Waals surface area contributed by atoms with Gasteiger partial charge in [-0.05, 0) is 62.6 Å². The number of fused-ring (bicyclic) bond motifs is 1. The Kier molecular flexibility index (Phi) is 4.93. The van der Waals surface area contributed by atoms with Gasteiger partial charge in [0, 0.05) is 12.1 Å². The van der Waals surface area contributed by atoms with E-state index in [4.69, 9.17) is 0 Å². The minimum Gasteiger partial charge on any atom is -0.388 e. The van der Waals surface area contributed by atoms with Crippen LogP contribution in [0.2, 0.25) is 0 Å². The zero-order chi connectivity index (χ0) is 19.8. The molecule has 0 radical (unpaired) electrons. The largest absolute Gasteiger partial charge is 0.388 e. The number of carbonyl (C=O) groups excluding carboxylic acids is 2. The lowest BCUT2D eigenvalue weighted by molar-refractivity contribution is -0.121. The lowest BCUT2D eigenvalue weighted by Gasteiger charge is -2.34. The number of benzene rings is 2. The summed E-state index contributed by atoms with van der Waals surface area (Å²) >= 11 is 0. The zero-order valence-electron chi connectivity index (χ0n) is 16.0. The van der Waals surface area contributed by atoms with Crippen LogP contribution < -0.4 is 16.0 Å². The van der Waals surface area contributed by atoms with Crippen LogP contribution in [0, 0.1) is 13.8 Å². The molecule has 4 N–H and O–H groups in total. The Morgan fingerprint density at radius 1 is 1.11 bits per heavy atom. The minimum atomic E-state index is -1.23. The number of carbonyl (C=O) groups is 2. The fraction of sp³-hybridized carbons (Fsp3) is 0.333. The number of nitrogens with one attached hydrogen (secondary N) is 3. The van der Waals surface area contributed by atoms with Crippen molar-refractivity contribution in [3.8, 4) is 0 Å². The van der Waals surface area contributed by atoms with Crippen molar-refractivity contribution in [3.63, 3.8) is 0 Å². The molecule has 6 nitrogen and oxygen atoms in total. The third kappa shape index (κ3) is 4.11. The molecule has 0 aromatic heterocycles. The third-order valence-electron chi connectivity index (χ3n) is 4.83. The van der Waals surface area contributed by atoms with E-state index in [2.05, 4.69) is 28.9 Å². The van der Waals surface area contributed by atoms with Crippen molar-refractivity contribution in [3.05, 3.63) is 58.7 Å². The van der Waals surface area contributed by atoms with Crippen LogP contribution in [0.1, 0.15) is 40.9 Å². The van der Waals surface area contributed by atoms with Crippen LogP contribution >= 0.6 is 0 Å². The minimum absolute atomic E-state index is 0.200. The zero-order valence-corrected chi connectivity index (χ0v) is 16.0. The number of amides is 2. The van der Waals surface area contributed by atoms with Gasteiger partial charge in [0.05, 0.1) is 17.0 Å². The second-order valence-electron chi connectivity index (χ2n) is 7.58. The molecule has 1 aliphatic heterocycles. The monoisotopic (exact) mass is 367 g/mol. The summed E-state index contributed by atoms with van der Waals surface area (Å²) in [6, 6.07) is 10.3. The maximum Gasteiger partial charge on any atom is 0.251 e. The normalized spacial score (nSPS) is 16.2. The molecule has 0 saturated carbocycles. The van der Waals surface area contributed by atoms with Gasteiger partial charge in [-0.15, -0.1) is 0 Å². The summed E-state index contributed by atoms with van der Waals surface area (Å²) in [6.07, 6.45) is 0. The summed E-state index contributed by atoms with van der Waals surface area (Å²) in [5.41, 5.74) is 3.89. The number of hydrogen-bond donors (Lipinski definition) is 4. The highest BCUT2D eigenvalue weighted by Gasteiger charge is 2.37. The van der Waals surface area contributed by atoms with Crippen molar-refractivity contribution in [1.82, 2.24) is 5.32 Å². The summed E-state index contributed by atoms with van der Waals surface area (Å²) in [5.74, 6) is -0.503. The molecule has 0 fully saturated rings. The highest BCUT2D eigenvalue weighted by molar-refractivity contribution is 6.05. The molecule has 3 rings (SSSR count). The Morgan fingerprint density at radius 2 is 1.85 bits per heavy atom. The molecule has 27 heavy (non-hydrogen) atoms. The van der Waals surface area contributed by atoms with E-state index in [0.717, 1.165) is 5.56 Å². The van der Waals surface area contributed by atoms with Crippen molar-refractivity contribution >= 4 is 23.2 Å². The number of hydrogen-bond acceptors (Lipinski definition) is 4. The maximum absolute atomic E-state index is 12.5. The third-order valence-corrected chi connectivity index (χ3v) is 4.83. The van der Waals surface area contributed by atoms with Crippen molar-refractivity contribution < 1.29 is 14.7 Å². The highest BCUT2D eigenvalue weighted by Crippen LogP contribution is 2.30. The topological polar surface area (TPSA) is 90.5 Å². The summed E-state index contributed by atoms with van der Waals surface area (Å²) in [7, 11) is 0. The van der Waals surface area contributed by atoms with E-state index >= 15 is 0 Å². The first-order valence-corrected chi connectivity index (χ1v) is 8.93. The Morgan fingerprint density at radius 3 is 2.52 bits per heavy atom. The molecule has 0 aliphatic carbocycles. The summed E-state index contributed by atoms with van der Waals surface area (Å²) < 4.78 is 0. The van der Waals surface area contributed by atoms with E-state index in [1.165, 1.54) is 11.1 Å². The molecule has 0 spiro atoms. The fourth-order valence-corrected chi connectivity index (χ4v) is 3.04. The molecule has 1 unspecified atom stereocenters. The molecule has 6 heteroatoms. The smallest absolute Gasteiger partial charge is 0.251 e. The van der Waals surface area contributed by atoms with Crippen molar-refractivity contribution in [1.29, 1.82) is 0 Å². The van der Waals surface area contributed by atoms with Crippen LogP contribution in [0.25, 0.3) is 0 Å². The van der Waals surface area contributed by atoms with Gasteiger partial charge >= 0.3 is 0 Å². The highest BCUT2D eigenvalue weighted by atomic mass is 16.3. The lowest BCUT2D eigenvalue weighted by atomic mass is 9.95. The molecular weight excluding hydrogens is 342 g/mol. The second-order valence-corrected chi connectivity index (χ2v) is 7.58. The van der Waals surface area contributed by atoms with E-state index in [-0.39, 0.29) is 11.8 Å². The first-order valence-electron chi connectivity index (χ1n) is 8.93. The van der Waals surface area contributed by atoms with E-state index in [0.29, 0.717) is 23.5 Å². The summed E-state index contributed by atoms with van der Waals surface area (Å²) in [5, 5.41) is 18.9. The molecule has 2 amide bonds. The van der Waals surface area contributed by atoms with Crippen LogP contribution in [0.4, 0.5) is 11.4 Å². The van der Waals surface area contributed by atoms with Gasteiger partial charge in [0.25, 0.3) is 5.91 Å². The average Bonchev–Trinajstić information content (AvgIpc) is 2.60. The van der Waals surface area contributed by atoms with Gasteiger partial charge in [0.15, 0.2) is 0 Å². The Bertz CT molecular complexity index is 900. The molecule has 1 atom stereocenters. The standard InChI is InChI=1S/C21H25N3O3/c1-12-5-6-14(9-13(12)2)11-22-19(25)15-7-8-16-17(10-15)23-18(20(26)24-16)21(3,4)27/h5-10,18,23,27H,11H2,1-4H3,(H,22,25)(H,24,26). The molecule has 0 bridgehead atoms. The molecule has 1 heterocycles. The van der Waals surface area contributed by atoms with E-state index in [1.54, 1.807) is 32.0 Å². The number of anilines is 2. The Balaban J connectivity index is 1.73. The van der Waals surface area contributed by atoms with Crippen LogP contribution in [0.15, 0.2) is 36.4 Å². The van der Waals surface area contributed by atoms with Gasteiger partial charge < -0.3 is 21.1 Å². The SMILES string of the molecule is Cc1ccc(CNC(=O)c2ccc3c(c2)NC(C(C)(C)O)C(=O)N3)cc1C. The number of rotatable bonds is 4. The number of aliphatic hydroxyl groups is 1. The van der Waals surface area contributed by atoms with Gasteiger partial charge in [-0.3, -0.25) is 9.59 Å². The van der Waals surface area contributed by atoms with Gasteiger partial charge in [0.1, 0.15) is 6.04 Å². The van der Waals surface area contributed by atoms with Gasteiger partial charge in [-0.2, -0.15) is 0 Å². The summed E-state index contributed by atoms with van der Waals surface area (Å²) in [6.45, 7) is 7.67. The molecule has 1 aliphatic rings. The van der Waals surface area contributed by atoms with Crippen LogP contribution in [0.3, 0.4) is 0 Å². The quantitative estimate of drug-likeness (QED) is 0.669. The van der Waals surface area contributed by atoms with Gasteiger partial charge in [-0.25, -0.2) is 0 Å². The first kappa shape index (κ1) is 18.9. The predicted octanol–water partition coefficient (Wildman–Crippen LogP) is 2.74. The number of aryl methyl sites for hydroxylation is 2. The van der Waals surface area contributed by atoms with E-state index in [9.17, 15) is 14.7 Å². The van der Waals surface area contributed by atoms with Crippen LogP contribution in [-0.4, -0.2) is 28.6 Å². The Hall–Kier alpha value is -2.86. The lowest BCUT2D eigenvalue weighted by Crippen LogP contribution is -2.52. The van der Waals surface area contributed by atoms with Crippen molar-refractivity contribution in [2.24, 2.45) is 0 Å². The maximum atomic E-state index is 12.5. The predicted molar refractivity (Wildman–Crippen MR) is 106 cm³/mol. The van der Waals surface area contributed by atoms with Crippen LogP contribution in [0.5, 0.6) is 0 Å². The molecule has 0 saturated heterocycles. The first-order chi connectivity index (χ1) is 12.6. The fourth-order valence-electron chi connectivity index (χ4n) is 3.04. The molecule has 142 valence electrons. The van der Waals surface area contributed by atoms with Crippen molar-refractivity contribution in [2.45, 2.75) is 45.9 Å². The van der Waals surface area contributed by atoms with Gasteiger partial charge in [-0.1, -0.05) is 18.2 Å². The summed E-state index contributed by atoms with van der Waals surface area (Å²) in [4.78, 5) is 24.6.